The van der Waals surface area contributed by atoms with E-state index in [0.29, 0.717) is 49.5 Å². The molecule has 0 amide bonds. The molecule has 0 aliphatic rings. The summed E-state index contributed by atoms with van der Waals surface area (Å²) in [6.45, 7) is 3.66. The van der Waals surface area contributed by atoms with Gasteiger partial charge >= 0.3 is 5.97 Å². The molecule has 0 aliphatic carbocycles. The second-order valence-electron chi connectivity index (χ2n) is 9.14. The smallest absolute Gasteiger partial charge is 0.305 e. The van der Waals surface area contributed by atoms with Gasteiger partial charge in [-0.1, -0.05) is 35.6 Å². The van der Waals surface area contributed by atoms with Gasteiger partial charge in [-0.15, -0.1) is 22.7 Å². The first-order chi connectivity index (χ1) is 20.8. The number of aromatic nitrogens is 2. The number of unbranched alkanes of at least 4 members (excludes halogenated alkanes) is 1. The van der Waals surface area contributed by atoms with Gasteiger partial charge in [0.1, 0.15) is 9.79 Å². The zero-order valence-electron chi connectivity index (χ0n) is 23.6. The second kappa shape index (κ2) is 14.2. The van der Waals surface area contributed by atoms with Gasteiger partial charge in [-0.2, -0.15) is 0 Å². The Balaban J connectivity index is 0.000000262. The van der Waals surface area contributed by atoms with Crippen molar-refractivity contribution in [1.82, 2.24) is 9.97 Å². The normalized spacial score (nSPS) is 11.4. The molecule has 0 saturated heterocycles. The van der Waals surface area contributed by atoms with Crippen molar-refractivity contribution in [3.05, 3.63) is 75.2 Å². The number of aryl methyl sites for hydroxylation is 2. The number of halogens is 2. The molecule has 0 aliphatic heterocycles. The van der Waals surface area contributed by atoms with Crippen LogP contribution >= 0.6 is 45.0 Å². The van der Waals surface area contributed by atoms with Gasteiger partial charge < -0.3 is 4.74 Å². The van der Waals surface area contributed by atoms with Crippen LogP contribution in [0, 0.1) is 25.7 Å². The van der Waals surface area contributed by atoms with Crippen LogP contribution in [0.3, 0.4) is 0 Å². The molecule has 0 unspecified atom stereocenters. The van der Waals surface area contributed by atoms with Crippen LogP contribution in [0.2, 0.25) is 5.02 Å². The average Bonchev–Trinajstić information content (AvgIpc) is 3.53. The highest BCUT2D eigenvalue weighted by atomic mass is 35.7. The minimum Gasteiger partial charge on any atom is -0.469 e. The van der Waals surface area contributed by atoms with Gasteiger partial charge in [0, 0.05) is 28.5 Å². The van der Waals surface area contributed by atoms with Crippen LogP contribution < -0.4 is 4.72 Å². The largest absolute Gasteiger partial charge is 0.469 e. The molecule has 3 aromatic carbocycles. The molecule has 5 aromatic rings. The van der Waals surface area contributed by atoms with E-state index in [1.165, 1.54) is 35.8 Å². The van der Waals surface area contributed by atoms with Crippen LogP contribution in [-0.4, -0.2) is 39.9 Å². The Morgan fingerprint density at radius 1 is 0.932 bits per heavy atom. The molecule has 0 spiro atoms. The van der Waals surface area contributed by atoms with Gasteiger partial charge in [-0.3, -0.25) is 9.52 Å². The maximum atomic E-state index is 13.1. The third-order valence-electron chi connectivity index (χ3n) is 5.88. The quantitative estimate of drug-likeness (QED) is 0.0807. The molecular formula is C29H25Cl2N3O6S4. The molecule has 0 atom stereocenters. The third kappa shape index (κ3) is 8.47. The number of anilines is 1. The van der Waals surface area contributed by atoms with Crippen molar-refractivity contribution in [3.63, 3.8) is 0 Å². The van der Waals surface area contributed by atoms with E-state index < -0.39 is 19.1 Å². The summed E-state index contributed by atoms with van der Waals surface area (Å²) in [4.78, 5) is 20.0. The number of sulfonamides is 1. The van der Waals surface area contributed by atoms with Crippen molar-refractivity contribution < 1.29 is 26.4 Å². The van der Waals surface area contributed by atoms with E-state index in [-0.39, 0.29) is 22.2 Å². The van der Waals surface area contributed by atoms with Crippen LogP contribution in [0.15, 0.2) is 64.4 Å². The molecule has 2 aromatic heterocycles. The van der Waals surface area contributed by atoms with Crippen molar-refractivity contribution in [1.29, 1.82) is 0 Å². The summed E-state index contributed by atoms with van der Waals surface area (Å²) in [5, 5.41) is 2.06. The molecule has 2 heterocycles. The highest BCUT2D eigenvalue weighted by Gasteiger charge is 2.21. The van der Waals surface area contributed by atoms with Gasteiger partial charge in [0.2, 0.25) is 0 Å². The van der Waals surface area contributed by atoms with Crippen molar-refractivity contribution >= 4 is 96.1 Å². The molecule has 9 nitrogen and oxygen atoms in total. The Morgan fingerprint density at radius 2 is 1.52 bits per heavy atom. The van der Waals surface area contributed by atoms with Crippen LogP contribution in [0.25, 0.3) is 20.4 Å². The monoisotopic (exact) mass is 709 g/mol. The van der Waals surface area contributed by atoms with Crippen LogP contribution in [-0.2, 0) is 28.6 Å². The maximum absolute atomic E-state index is 13.1. The summed E-state index contributed by atoms with van der Waals surface area (Å²) >= 11 is 8.73. The first-order valence-electron chi connectivity index (χ1n) is 12.8. The number of carbonyl (C=O) groups excluding carboxylic acids is 1. The van der Waals surface area contributed by atoms with E-state index in [9.17, 15) is 21.6 Å². The molecule has 15 heteroatoms. The van der Waals surface area contributed by atoms with Crippen molar-refractivity contribution in [3.8, 4) is 11.8 Å². The minimum absolute atomic E-state index is 0.141. The highest BCUT2D eigenvalue weighted by Crippen LogP contribution is 2.32. The molecule has 44 heavy (non-hydrogen) atoms. The first-order valence-corrected chi connectivity index (χ1v) is 18.6. The highest BCUT2D eigenvalue weighted by molar-refractivity contribution is 8.14. The number of nitrogens with one attached hydrogen (secondary N) is 1. The van der Waals surface area contributed by atoms with Crippen molar-refractivity contribution in [2.75, 3.05) is 11.8 Å². The lowest BCUT2D eigenvalue weighted by atomic mass is 10.1. The Hall–Kier alpha value is -3.25. The molecule has 5 rings (SSSR count). The lowest BCUT2D eigenvalue weighted by Gasteiger charge is -2.11. The topological polar surface area (TPSA) is 132 Å². The third-order valence-corrected chi connectivity index (χ3v) is 11.2. The second-order valence-corrected chi connectivity index (χ2v) is 16.2. The first kappa shape index (κ1) is 33.6. The predicted molar refractivity (Wildman–Crippen MR) is 177 cm³/mol. The van der Waals surface area contributed by atoms with Crippen molar-refractivity contribution in [2.24, 2.45) is 0 Å². The van der Waals surface area contributed by atoms with Gasteiger partial charge in [-0.05, 0) is 62.7 Å². The van der Waals surface area contributed by atoms with E-state index >= 15 is 0 Å². The summed E-state index contributed by atoms with van der Waals surface area (Å²) in [5.74, 6) is 5.59. The fourth-order valence-corrected chi connectivity index (χ4v) is 8.97. The summed E-state index contributed by atoms with van der Waals surface area (Å²) in [5.41, 5.74) is 2.10. The van der Waals surface area contributed by atoms with Gasteiger partial charge in [0.15, 0.2) is 0 Å². The van der Waals surface area contributed by atoms with Gasteiger partial charge in [-0.25, -0.2) is 26.8 Å². The van der Waals surface area contributed by atoms with E-state index in [1.54, 1.807) is 48.5 Å². The number of fused-ring (bicyclic) bond motifs is 2. The number of nitrogens with zero attached hydrogens (tertiary/aromatic N) is 2. The summed E-state index contributed by atoms with van der Waals surface area (Å²) in [6, 6.07) is 14.7. The standard InChI is InChI=1S/C21H19ClN2O4S2.C8H6ClNO2S2/c1-14-23-18-8-6-9-19(21(18)29-14)30(26,27)24-17-12-11-16(22)13-15(17)7-4-3-5-10-20(25)28-2;1-5-10-6-3-2-4-7(8(6)13-5)14(9,11)12/h6,8-9,11-13,24H,3,5,10H2,1-2H3;2-4H,1H3. The number of rotatable bonds is 7. The molecule has 0 saturated carbocycles. The van der Waals surface area contributed by atoms with Gasteiger partial charge in [0.05, 0.1) is 48.8 Å². The van der Waals surface area contributed by atoms with E-state index in [1.807, 2.05) is 13.8 Å². The number of ether oxygens (including phenoxy) is 1. The molecule has 0 bridgehead atoms. The SMILES string of the molecule is COC(=O)CCCC#Cc1cc(Cl)ccc1NS(=O)(=O)c1cccc2nc(C)sc12.Cc1nc2cccc(S(=O)(=O)Cl)c2s1. The lowest BCUT2D eigenvalue weighted by molar-refractivity contribution is -0.140. The zero-order chi connectivity index (χ0) is 32.1. The zero-order valence-corrected chi connectivity index (χ0v) is 28.3. The number of benzene rings is 3. The Morgan fingerprint density at radius 3 is 2.11 bits per heavy atom. The minimum atomic E-state index is -3.86. The number of carbonyl (C=O) groups is 1. The number of hydrogen-bond acceptors (Lipinski definition) is 10. The Labute approximate surface area is 272 Å². The average molecular weight is 711 g/mol. The summed E-state index contributed by atoms with van der Waals surface area (Å²) < 4.78 is 57.0. The van der Waals surface area contributed by atoms with E-state index in [4.69, 9.17) is 22.3 Å². The molecule has 1 N–H and O–H groups in total. The lowest BCUT2D eigenvalue weighted by Crippen LogP contribution is -2.14. The van der Waals surface area contributed by atoms with Crippen LogP contribution in [0.5, 0.6) is 0 Å². The number of methoxy groups -OCH3 is 1. The van der Waals surface area contributed by atoms with Crippen LogP contribution in [0.4, 0.5) is 5.69 Å². The molecule has 0 radical (unpaired) electrons. The number of thiazole rings is 2. The van der Waals surface area contributed by atoms with Crippen LogP contribution in [0.1, 0.15) is 34.8 Å². The summed E-state index contributed by atoms with van der Waals surface area (Å²) in [6.07, 6.45) is 1.29. The summed E-state index contributed by atoms with van der Waals surface area (Å²) in [7, 11) is -0.899. The van der Waals surface area contributed by atoms with E-state index in [0.717, 1.165) is 10.0 Å². The molecular weight excluding hydrogens is 686 g/mol. The Kier molecular flexibility index (Phi) is 10.9. The fraction of sp³-hybridized carbons (Fsp3) is 0.207. The predicted octanol–water partition coefficient (Wildman–Crippen LogP) is 7.29. The van der Waals surface area contributed by atoms with Crippen molar-refractivity contribution in [2.45, 2.75) is 42.9 Å². The molecule has 0 fully saturated rings. The maximum Gasteiger partial charge on any atom is 0.305 e. The Bertz CT molecular complexity index is 2130. The van der Waals surface area contributed by atoms with E-state index in [2.05, 4.69) is 31.3 Å². The number of esters is 1. The molecule has 230 valence electrons. The number of hydrogen-bond donors (Lipinski definition) is 1. The fourth-order valence-electron chi connectivity index (χ4n) is 3.96. The van der Waals surface area contributed by atoms with Gasteiger partial charge in [0.25, 0.3) is 19.1 Å².